The molecule has 0 aliphatic heterocycles. The molecule has 94 valence electrons. The topological polar surface area (TPSA) is 46.5 Å². The fraction of sp³-hybridized carbons (Fsp3) is 0.923. The Kier molecular flexibility index (Phi) is 4.00. The Bertz CT molecular complexity index is 254. The molecular formula is C13H24O3. The van der Waals surface area contributed by atoms with Crippen molar-refractivity contribution in [1.29, 1.82) is 0 Å². The number of carboxylic acid groups (broad SMARTS) is 1. The molecule has 1 aliphatic carbocycles. The van der Waals surface area contributed by atoms with Gasteiger partial charge >= 0.3 is 5.97 Å². The van der Waals surface area contributed by atoms with Crippen LogP contribution in [0.25, 0.3) is 0 Å². The van der Waals surface area contributed by atoms with Gasteiger partial charge in [0.25, 0.3) is 0 Å². The van der Waals surface area contributed by atoms with Gasteiger partial charge in [-0.1, -0.05) is 20.8 Å². The number of rotatable bonds is 2. The molecule has 3 nitrogen and oxygen atoms in total. The van der Waals surface area contributed by atoms with E-state index in [9.17, 15) is 9.90 Å². The molecule has 1 saturated carbocycles. The molecule has 0 aromatic carbocycles. The zero-order valence-electron chi connectivity index (χ0n) is 10.9. The first-order chi connectivity index (χ1) is 7.32. The third kappa shape index (κ3) is 2.76. The minimum absolute atomic E-state index is 0.266. The highest BCUT2D eigenvalue weighted by atomic mass is 16.5. The largest absolute Gasteiger partial charge is 0.479 e. The van der Waals surface area contributed by atoms with Gasteiger partial charge in [-0.25, -0.2) is 4.79 Å². The normalized spacial score (nSPS) is 32.1. The van der Waals surface area contributed by atoms with Crippen molar-refractivity contribution in [3.05, 3.63) is 0 Å². The molecule has 0 heterocycles. The van der Waals surface area contributed by atoms with Gasteiger partial charge in [-0.15, -0.1) is 0 Å². The first-order valence-corrected chi connectivity index (χ1v) is 6.10. The van der Waals surface area contributed by atoms with E-state index in [-0.39, 0.29) is 5.41 Å². The van der Waals surface area contributed by atoms with Gasteiger partial charge in [-0.3, -0.25) is 0 Å². The SMILES string of the molecule is COC1(C(=O)O)CCCC(C(C)(C)C)CC1. The highest BCUT2D eigenvalue weighted by Gasteiger charge is 2.41. The maximum Gasteiger partial charge on any atom is 0.335 e. The van der Waals surface area contributed by atoms with Crippen LogP contribution in [0.15, 0.2) is 0 Å². The van der Waals surface area contributed by atoms with Crippen molar-refractivity contribution in [3.8, 4) is 0 Å². The number of hydrogen-bond acceptors (Lipinski definition) is 2. The summed E-state index contributed by atoms with van der Waals surface area (Å²) in [4.78, 5) is 11.3. The fourth-order valence-electron chi connectivity index (χ4n) is 2.68. The van der Waals surface area contributed by atoms with Gasteiger partial charge < -0.3 is 9.84 Å². The van der Waals surface area contributed by atoms with Gasteiger partial charge in [0.2, 0.25) is 0 Å². The third-order valence-corrected chi connectivity index (χ3v) is 4.04. The molecule has 0 aromatic rings. The summed E-state index contributed by atoms with van der Waals surface area (Å²) in [6.45, 7) is 6.70. The summed E-state index contributed by atoms with van der Waals surface area (Å²) >= 11 is 0. The van der Waals surface area contributed by atoms with Crippen LogP contribution in [0.5, 0.6) is 0 Å². The van der Waals surface area contributed by atoms with E-state index in [1.165, 1.54) is 7.11 Å². The Hall–Kier alpha value is -0.570. The lowest BCUT2D eigenvalue weighted by molar-refractivity contribution is -0.164. The molecule has 0 saturated heterocycles. The maximum atomic E-state index is 11.3. The predicted octanol–water partition coefficient (Wildman–Crippen LogP) is 3.08. The number of hydrogen-bond donors (Lipinski definition) is 1. The van der Waals surface area contributed by atoms with Crippen LogP contribution in [0.3, 0.4) is 0 Å². The minimum Gasteiger partial charge on any atom is -0.479 e. The monoisotopic (exact) mass is 228 g/mol. The average Bonchev–Trinajstić information content (AvgIpc) is 2.39. The molecule has 2 unspecified atom stereocenters. The predicted molar refractivity (Wildman–Crippen MR) is 63.4 cm³/mol. The van der Waals surface area contributed by atoms with Crippen molar-refractivity contribution in [2.24, 2.45) is 11.3 Å². The highest BCUT2D eigenvalue weighted by Crippen LogP contribution is 2.40. The summed E-state index contributed by atoms with van der Waals surface area (Å²) in [5, 5.41) is 9.28. The molecule has 0 radical (unpaired) electrons. The highest BCUT2D eigenvalue weighted by molar-refractivity contribution is 5.77. The van der Waals surface area contributed by atoms with Gasteiger partial charge in [0.05, 0.1) is 0 Å². The number of carbonyl (C=O) groups is 1. The van der Waals surface area contributed by atoms with Crippen LogP contribution in [-0.2, 0) is 9.53 Å². The minimum atomic E-state index is -0.931. The van der Waals surface area contributed by atoms with Crippen LogP contribution < -0.4 is 0 Å². The van der Waals surface area contributed by atoms with E-state index in [1.807, 2.05) is 0 Å². The van der Waals surface area contributed by atoms with E-state index in [2.05, 4.69) is 20.8 Å². The Labute approximate surface area is 98.2 Å². The summed E-state index contributed by atoms with van der Waals surface area (Å²) in [5.74, 6) is -0.201. The lowest BCUT2D eigenvalue weighted by Gasteiger charge is -2.30. The molecule has 1 fully saturated rings. The quantitative estimate of drug-likeness (QED) is 0.739. The Morgan fingerprint density at radius 3 is 2.38 bits per heavy atom. The van der Waals surface area contributed by atoms with E-state index >= 15 is 0 Å². The fourth-order valence-corrected chi connectivity index (χ4v) is 2.68. The summed E-state index contributed by atoms with van der Waals surface area (Å²) in [7, 11) is 1.52. The molecule has 0 spiro atoms. The number of methoxy groups -OCH3 is 1. The smallest absolute Gasteiger partial charge is 0.335 e. The molecule has 0 bridgehead atoms. The van der Waals surface area contributed by atoms with Crippen LogP contribution in [-0.4, -0.2) is 23.8 Å². The molecule has 0 amide bonds. The second-order valence-corrected chi connectivity index (χ2v) is 6.00. The Balaban J connectivity index is 2.75. The summed E-state index contributed by atoms with van der Waals surface area (Å²) in [6.07, 6.45) is 4.29. The summed E-state index contributed by atoms with van der Waals surface area (Å²) < 4.78 is 5.28. The van der Waals surface area contributed by atoms with Crippen LogP contribution in [0.2, 0.25) is 0 Å². The van der Waals surface area contributed by atoms with E-state index in [4.69, 9.17) is 4.74 Å². The van der Waals surface area contributed by atoms with Crippen LogP contribution in [0.4, 0.5) is 0 Å². The third-order valence-electron chi connectivity index (χ3n) is 4.04. The van der Waals surface area contributed by atoms with Crippen molar-refractivity contribution < 1.29 is 14.6 Å². The Morgan fingerprint density at radius 2 is 1.94 bits per heavy atom. The second-order valence-electron chi connectivity index (χ2n) is 6.00. The zero-order chi connectivity index (χ0) is 12.4. The zero-order valence-corrected chi connectivity index (χ0v) is 10.9. The van der Waals surface area contributed by atoms with E-state index in [0.717, 1.165) is 19.3 Å². The van der Waals surface area contributed by atoms with Crippen molar-refractivity contribution in [1.82, 2.24) is 0 Å². The van der Waals surface area contributed by atoms with E-state index in [0.29, 0.717) is 18.8 Å². The number of aliphatic carboxylic acids is 1. The first kappa shape index (κ1) is 13.5. The number of ether oxygens (including phenoxy) is 1. The molecular weight excluding hydrogens is 204 g/mol. The van der Waals surface area contributed by atoms with Crippen molar-refractivity contribution in [3.63, 3.8) is 0 Å². The molecule has 1 rings (SSSR count). The Morgan fingerprint density at radius 1 is 1.31 bits per heavy atom. The number of carboxylic acids is 1. The van der Waals surface area contributed by atoms with Crippen LogP contribution in [0.1, 0.15) is 52.9 Å². The molecule has 1 N–H and O–H groups in total. The van der Waals surface area contributed by atoms with Crippen molar-refractivity contribution in [2.75, 3.05) is 7.11 Å². The average molecular weight is 228 g/mol. The van der Waals surface area contributed by atoms with Gasteiger partial charge in [-0.2, -0.15) is 0 Å². The van der Waals surface area contributed by atoms with Gasteiger partial charge in [0.1, 0.15) is 0 Å². The van der Waals surface area contributed by atoms with Crippen molar-refractivity contribution in [2.45, 2.75) is 58.5 Å². The maximum absolute atomic E-state index is 11.3. The lowest BCUT2D eigenvalue weighted by atomic mass is 9.76. The standard InChI is InChI=1S/C13H24O3/c1-12(2,3)10-6-5-8-13(16-4,9-7-10)11(14)15/h10H,5-9H2,1-4H3,(H,14,15). The van der Waals surface area contributed by atoms with Crippen LogP contribution in [0, 0.1) is 11.3 Å². The van der Waals surface area contributed by atoms with E-state index in [1.54, 1.807) is 0 Å². The van der Waals surface area contributed by atoms with Gasteiger partial charge in [0.15, 0.2) is 5.60 Å². The van der Waals surface area contributed by atoms with E-state index < -0.39 is 11.6 Å². The second kappa shape index (κ2) is 4.74. The lowest BCUT2D eigenvalue weighted by Crippen LogP contribution is -2.40. The molecule has 1 aliphatic rings. The van der Waals surface area contributed by atoms with Gasteiger partial charge in [-0.05, 0) is 43.4 Å². The molecule has 2 atom stereocenters. The van der Waals surface area contributed by atoms with Crippen molar-refractivity contribution >= 4 is 5.97 Å². The van der Waals surface area contributed by atoms with Gasteiger partial charge in [0, 0.05) is 7.11 Å². The van der Waals surface area contributed by atoms with Crippen LogP contribution >= 0.6 is 0 Å². The first-order valence-electron chi connectivity index (χ1n) is 6.10. The summed E-state index contributed by atoms with van der Waals surface area (Å²) in [5.41, 5.74) is -0.664. The molecule has 16 heavy (non-hydrogen) atoms. The molecule has 0 aromatic heterocycles. The summed E-state index contributed by atoms with van der Waals surface area (Å²) in [6, 6.07) is 0. The molecule has 3 heteroatoms.